The first-order chi connectivity index (χ1) is 4.68. The lowest BCUT2D eigenvalue weighted by molar-refractivity contribution is -0.136. The standard InChI is InChI=1S/C4H11P.C3H6O2/c1-2-3-4-5;1-2-3(4)5/h2-5H2,1H3;2H2,1H3,(H,4,5). The van der Waals surface area contributed by atoms with Crippen molar-refractivity contribution >= 4 is 15.2 Å². The molecule has 1 N–H and O–H groups in total. The van der Waals surface area contributed by atoms with Crippen LogP contribution in [-0.2, 0) is 4.79 Å². The van der Waals surface area contributed by atoms with Crippen molar-refractivity contribution in [2.45, 2.75) is 33.1 Å². The second-order valence-electron chi connectivity index (χ2n) is 1.89. The van der Waals surface area contributed by atoms with Gasteiger partial charge in [0, 0.05) is 6.42 Å². The number of unbranched alkanes of at least 4 members (excludes halogenated alkanes) is 1. The fourth-order valence-corrected chi connectivity index (χ4v) is 0.612. The van der Waals surface area contributed by atoms with Crippen LogP contribution in [0.15, 0.2) is 0 Å². The third-order valence-electron chi connectivity index (χ3n) is 0.860. The molecule has 0 aromatic carbocycles. The summed E-state index contributed by atoms with van der Waals surface area (Å²) in [7, 11) is 2.70. The van der Waals surface area contributed by atoms with E-state index in [1.165, 1.54) is 19.0 Å². The van der Waals surface area contributed by atoms with Gasteiger partial charge in [-0.3, -0.25) is 4.79 Å². The summed E-state index contributed by atoms with van der Waals surface area (Å²) in [5, 5.41) is 7.72. The molecule has 0 spiro atoms. The maximum Gasteiger partial charge on any atom is 0.303 e. The summed E-state index contributed by atoms with van der Waals surface area (Å²) in [6, 6.07) is 0. The van der Waals surface area contributed by atoms with Gasteiger partial charge in [0.15, 0.2) is 0 Å². The Bertz CT molecular complexity index is 72.0. The molecule has 0 aromatic heterocycles. The smallest absolute Gasteiger partial charge is 0.303 e. The summed E-state index contributed by atoms with van der Waals surface area (Å²) in [5.41, 5.74) is 0. The molecule has 0 aromatic rings. The van der Waals surface area contributed by atoms with E-state index in [0.29, 0.717) is 0 Å². The van der Waals surface area contributed by atoms with Gasteiger partial charge in [-0.05, 0) is 6.16 Å². The third kappa shape index (κ3) is 24.7. The van der Waals surface area contributed by atoms with E-state index in [1.807, 2.05) is 0 Å². The molecule has 0 saturated carbocycles. The topological polar surface area (TPSA) is 37.3 Å². The van der Waals surface area contributed by atoms with Gasteiger partial charge in [-0.15, -0.1) is 9.24 Å². The van der Waals surface area contributed by atoms with E-state index in [-0.39, 0.29) is 6.42 Å². The number of carboxylic acid groups (broad SMARTS) is 1. The number of hydrogen-bond donors (Lipinski definition) is 1. The van der Waals surface area contributed by atoms with Crippen molar-refractivity contribution in [2.75, 3.05) is 6.16 Å². The average molecular weight is 164 g/mol. The zero-order chi connectivity index (χ0) is 8.41. The van der Waals surface area contributed by atoms with Crippen LogP contribution in [0.3, 0.4) is 0 Å². The lowest BCUT2D eigenvalue weighted by Gasteiger charge is -1.79. The Morgan fingerprint density at radius 3 is 1.90 bits per heavy atom. The van der Waals surface area contributed by atoms with Gasteiger partial charge in [-0.2, -0.15) is 0 Å². The van der Waals surface area contributed by atoms with Gasteiger partial charge in [0.2, 0.25) is 0 Å². The van der Waals surface area contributed by atoms with Crippen molar-refractivity contribution in [3.05, 3.63) is 0 Å². The highest BCUT2D eigenvalue weighted by Crippen LogP contribution is 1.89. The Morgan fingerprint density at radius 2 is 1.90 bits per heavy atom. The highest BCUT2D eigenvalue weighted by molar-refractivity contribution is 7.16. The summed E-state index contributed by atoms with van der Waals surface area (Å²) in [6.45, 7) is 3.80. The monoisotopic (exact) mass is 164 g/mol. The van der Waals surface area contributed by atoms with Crippen LogP contribution < -0.4 is 0 Å². The van der Waals surface area contributed by atoms with E-state index < -0.39 is 5.97 Å². The fourth-order valence-electron chi connectivity index (χ4n) is 0.204. The summed E-state index contributed by atoms with van der Waals surface area (Å²) >= 11 is 0. The van der Waals surface area contributed by atoms with Gasteiger partial charge < -0.3 is 5.11 Å². The van der Waals surface area contributed by atoms with Crippen LogP contribution in [0.25, 0.3) is 0 Å². The molecule has 0 fully saturated rings. The van der Waals surface area contributed by atoms with E-state index in [1.54, 1.807) is 6.92 Å². The number of hydrogen-bond acceptors (Lipinski definition) is 1. The molecule has 0 aliphatic carbocycles. The molecule has 3 heteroatoms. The minimum absolute atomic E-state index is 0.222. The maximum absolute atomic E-state index is 9.37. The van der Waals surface area contributed by atoms with Crippen molar-refractivity contribution in [1.29, 1.82) is 0 Å². The Kier molecular flexibility index (Phi) is 14.7. The lowest BCUT2D eigenvalue weighted by Crippen LogP contribution is -1.86. The summed E-state index contributed by atoms with van der Waals surface area (Å²) in [5.74, 6) is -0.745. The third-order valence-corrected chi connectivity index (χ3v) is 1.27. The van der Waals surface area contributed by atoms with E-state index in [9.17, 15) is 4.79 Å². The summed E-state index contributed by atoms with van der Waals surface area (Å²) in [4.78, 5) is 9.37. The SMILES string of the molecule is CCC(=O)O.CCCCP. The first-order valence-corrected chi connectivity index (χ1v) is 4.42. The second kappa shape index (κ2) is 11.7. The predicted molar refractivity (Wildman–Crippen MR) is 47.4 cm³/mol. The molecule has 1 unspecified atom stereocenters. The van der Waals surface area contributed by atoms with E-state index in [0.717, 1.165) is 0 Å². The Balaban J connectivity index is 0. The van der Waals surface area contributed by atoms with Crippen LogP contribution in [0.5, 0.6) is 0 Å². The predicted octanol–water partition coefficient (Wildman–Crippen LogP) is 2.14. The molecule has 0 aliphatic rings. The van der Waals surface area contributed by atoms with Gasteiger partial charge in [0.05, 0.1) is 0 Å². The first kappa shape index (κ1) is 12.6. The molecule has 0 amide bonds. The van der Waals surface area contributed by atoms with Crippen molar-refractivity contribution in [3.63, 3.8) is 0 Å². The quantitative estimate of drug-likeness (QED) is 0.649. The van der Waals surface area contributed by atoms with Crippen molar-refractivity contribution in [2.24, 2.45) is 0 Å². The molecule has 0 saturated heterocycles. The largest absolute Gasteiger partial charge is 0.481 e. The zero-order valence-corrected chi connectivity index (χ0v) is 7.92. The van der Waals surface area contributed by atoms with E-state index in [2.05, 4.69) is 16.2 Å². The van der Waals surface area contributed by atoms with Crippen LogP contribution in [-0.4, -0.2) is 17.2 Å². The molecule has 0 rings (SSSR count). The number of rotatable bonds is 3. The van der Waals surface area contributed by atoms with Crippen molar-refractivity contribution in [3.8, 4) is 0 Å². The summed E-state index contributed by atoms with van der Waals surface area (Å²) < 4.78 is 0. The molecule has 2 nitrogen and oxygen atoms in total. The Morgan fingerprint density at radius 1 is 1.50 bits per heavy atom. The summed E-state index contributed by atoms with van der Waals surface area (Å²) in [6.07, 6.45) is 4.16. The van der Waals surface area contributed by atoms with Gasteiger partial charge in [0.25, 0.3) is 0 Å². The lowest BCUT2D eigenvalue weighted by atomic mass is 10.4. The highest BCUT2D eigenvalue weighted by Gasteiger charge is 1.80. The van der Waals surface area contributed by atoms with Crippen molar-refractivity contribution in [1.82, 2.24) is 0 Å². The van der Waals surface area contributed by atoms with Crippen LogP contribution >= 0.6 is 9.24 Å². The van der Waals surface area contributed by atoms with E-state index in [4.69, 9.17) is 5.11 Å². The highest BCUT2D eigenvalue weighted by atomic mass is 31.0. The Hall–Kier alpha value is -0.100. The van der Waals surface area contributed by atoms with Crippen molar-refractivity contribution < 1.29 is 9.90 Å². The normalized spacial score (nSPS) is 7.90. The van der Waals surface area contributed by atoms with Gasteiger partial charge in [-0.1, -0.05) is 26.7 Å². The fraction of sp³-hybridized carbons (Fsp3) is 0.857. The first-order valence-electron chi connectivity index (χ1n) is 3.60. The minimum Gasteiger partial charge on any atom is -0.481 e. The second-order valence-corrected chi connectivity index (χ2v) is 2.47. The average Bonchev–Trinajstić information content (AvgIpc) is 1.91. The molecule has 10 heavy (non-hydrogen) atoms. The molecule has 62 valence electrons. The number of aliphatic carboxylic acids is 1. The molecule has 0 heterocycles. The van der Waals surface area contributed by atoms with Crippen LogP contribution in [0.4, 0.5) is 0 Å². The van der Waals surface area contributed by atoms with Gasteiger partial charge in [0.1, 0.15) is 0 Å². The molecule has 0 bridgehead atoms. The van der Waals surface area contributed by atoms with E-state index >= 15 is 0 Å². The van der Waals surface area contributed by atoms with Gasteiger partial charge in [-0.25, -0.2) is 0 Å². The number of carbonyl (C=O) groups is 1. The molecule has 0 aliphatic heterocycles. The van der Waals surface area contributed by atoms with Gasteiger partial charge >= 0.3 is 5.97 Å². The van der Waals surface area contributed by atoms with Crippen LogP contribution in [0.1, 0.15) is 33.1 Å². The minimum atomic E-state index is -0.745. The molecule has 1 atom stereocenters. The molecular formula is C7H17O2P. The molecule has 0 radical (unpaired) electrons. The number of carboxylic acids is 1. The maximum atomic E-state index is 9.37. The van der Waals surface area contributed by atoms with Crippen LogP contribution in [0, 0.1) is 0 Å². The Labute approximate surface area is 65.2 Å². The zero-order valence-electron chi connectivity index (χ0n) is 6.76. The molecular weight excluding hydrogens is 147 g/mol. The van der Waals surface area contributed by atoms with Crippen LogP contribution in [0.2, 0.25) is 0 Å².